The first-order valence-corrected chi connectivity index (χ1v) is 11.8. The third-order valence-corrected chi connectivity index (χ3v) is 5.56. The fraction of sp³-hybridized carbons (Fsp3) is 0.444. The normalized spacial score (nSPS) is 10.7. The lowest BCUT2D eigenvalue weighted by atomic mass is 9.86. The smallest absolute Gasteiger partial charge is 0.339 e. The molecule has 0 radical (unpaired) electrons. The lowest BCUT2D eigenvalue weighted by Gasteiger charge is -2.34. The number of carbonyl (C=O) groups is 3. The molecule has 0 bridgehead atoms. The molecule has 0 fully saturated rings. The van der Waals surface area contributed by atoms with Gasteiger partial charge in [0.05, 0.1) is 55.3 Å². The van der Waals surface area contributed by atoms with Gasteiger partial charge in [0.1, 0.15) is 5.60 Å². The Bertz CT molecular complexity index is 873. The second-order valence-electron chi connectivity index (χ2n) is 8.07. The van der Waals surface area contributed by atoms with Crippen LogP contribution in [-0.2, 0) is 18.9 Å². The number of aromatic carboxylic acids is 2. The Morgan fingerprint density at radius 3 is 1.69 bits per heavy atom. The zero-order valence-electron chi connectivity index (χ0n) is 20.6. The van der Waals surface area contributed by atoms with Gasteiger partial charge in [-0.05, 0) is 69.6 Å². The monoisotopic (exact) mass is 504 g/mol. The summed E-state index contributed by atoms with van der Waals surface area (Å²) in [6.07, 6.45) is 8.98. The van der Waals surface area contributed by atoms with Gasteiger partial charge in [-0.15, -0.1) is 0 Å². The van der Waals surface area contributed by atoms with Crippen LogP contribution in [0.4, 0.5) is 0 Å². The second-order valence-corrected chi connectivity index (χ2v) is 8.07. The predicted molar refractivity (Wildman–Crippen MR) is 134 cm³/mol. The minimum absolute atomic E-state index is 0.204. The maximum Gasteiger partial charge on any atom is 0.339 e. The van der Waals surface area contributed by atoms with Crippen LogP contribution in [-0.4, -0.2) is 53.5 Å². The van der Waals surface area contributed by atoms with Crippen molar-refractivity contribution in [3.05, 3.63) is 73.4 Å². The van der Waals surface area contributed by atoms with Crippen molar-refractivity contribution in [3.63, 3.8) is 0 Å². The van der Waals surface area contributed by atoms with Crippen LogP contribution in [0.5, 0.6) is 0 Å². The van der Waals surface area contributed by atoms with Crippen LogP contribution < -0.4 is 0 Å². The Balaban J connectivity index is 3.21. The molecular formula is C27H36O9. The summed E-state index contributed by atoms with van der Waals surface area (Å²) < 4.78 is 21.7. The highest BCUT2D eigenvalue weighted by atomic mass is 16.6. The van der Waals surface area contributed by atoms with Crippen molar-refractivity contribution in [2.24, 2.45) is 0 Å². The Labute approximate surface area is 212 Å². The molecule has 9 nitrogen and oxygen atoms in total. The van der Waals surface area contributed by atoms with E-state index in [4.69, 9.17) is 18.9 Å². The summed E-state index contributed by atoms with van der Waals surface area (Å²) in [5.74, 6) is -3.53. The molecule has 2 N–H and O–H groups in total. The average molecular weight is 505 g/mol. The van der Waals surface area contributed by atoms with Crippen molar-refractivity contribution in [2.75, 3.05) is 19.8 Å². The molecule has 36 heavy (non-hydrogen) atoms. The third kappa shape index (κ3) is 10.7. The molecule has 0 aromatic heterocycles. The van der Waals surface area contributed by atoms with Gasteiger partial charge in [-0.1, -0.05) is 19.7 Å². The zero-order chi connectivity index (χ0) is 26.8. The number of unbranched alkanes of at least 4 members (excludes halogenated alkanes) is 2. The molecule has 9 heteroatoms. The number of hydrogen-bond donors (Lipinski definition) is 2. The van der Waals surface area contributed by atoms with Crippen molar-refractivity contribution in [2.45, 2.75) is 57.0 Å². The fourth-order valence-electron chi connectivity index (χ4n) is 3.80. The van der Waals surface area contributed by atoms with Gasteiger partial charge in [0.25, 0.3) is 0 Å². The van der Waals surface area contributed by atoms with E-state index in [-0.39, 0.29) is 11.1 Å². The Morgan fingerprint density at radius 2 is 1.22 bits per heavy atom. The first-order chi connectivity index (χ1) is 17.3. The van der Waals surface area contributed by atoms with E-state index in [0.717, 1.165) is 6.07 Å². The van der Waals surface area contributed by atoms with E-state index in [0.29, 0.717) is 71.2 Å². The highest BCUT2D eigenvalue weighted by Crippen LogP contribution is 2.33. The fourth-order valence-corrected chi connectivity index (χ4v) is 3.80. The summed E-state index contributed by atoms with van der Waals surface area (Å²) in [7, 11) is 0. The van der Waals surface area contributed by atoms with Crippen LogP contribution >= 0.6 is 0 Å². The quantitative estimate of drug-likeness (QED) is 0.125. The molecule has 0 atom stereocenters. The van der Waals surface area contributed by atoms with Crippen molar-refractivity contribution in [1.29, 1.82) is 0 Å². The molecule has 1 aromatic rings. The van der Waals surface area contributed by atoms with Gasteiger partial charge in [0.2, 0.25) is 0 Å². The molecule has 0 aliphatic heterocycles. The molecule has 0 amide bonds. The summed E-state index contributed by atoms with van der Waals surface area (Å²) in [4.78, 5) is 36.3. The molecule has 1 aromatic carbocycles. The van der Waals surface area contributed by atoms with E-state index in [1.54, 1.807) is 0 Å². The summed E-state index contributed by atoms with van der Waals surface area (Å²) >= 11 is 0. The lowest BCUT2D eigenvalue weighted by molar-refractivity contribution is -0.0386. The van der Waals surface area contributed by atoms with E-state index in [1.807, 2.05) is 0 Å². The first-order valence-electron chi connectivity index (χ1n) is 11.8. The molecule has 0 heterocycles. The maximum absolute atomic E-state index is 13.3. The summed E-state index contributed by atoms with van der Waals surface area (Å²) in [5, 5.41) is 18.8. The molecule has 198 valence electrons. The predicted octanol–water partition coefficient (Wildman–Crippen LogP) is 5.58. The van der Waals surface area contributed by atoms with E-state index < -0.39 is 29.1 Å². The highest BCUT2D eigenvalue weighted by Gasteiger charge is 2.35. The summed E-state index contributed by atoms with van der Waals surface area (Å²) in [6, 6.07) is 3.32. The Morgan fingerprint density at radius 1 is 0.722 bits per heavy atom. The third-order valence-electron chi connectivity index (χ3n) is 5.56. The van der Waals surface area contributed by atoms with Gasteiger partial charge < -0.3 is 29.2 Å². The minimum Gasteiger partial charge on any atom is -0.502 e. The zero-order valence-corrected chi connectivity index (χ0v) is 20.6. The van der Waals surface area contributed by atoms with Gasteiger partial charge in [-0.2, -0.15) is 0 Å². The molecule has 0 spiro atoms. The number of carbonyl (C=O) groups excluding carboxylic acids is 1. The van der Waals surface area contributed by atoms with Crippen molar-refractivity contribution in [1.82, 2.24) is 0 Å². The highest BCUT2D eigenvalue weighted by molar-refractivity contribution is 6.04. The van der Waals surface area contributed by atoms with Gasteiger partial charge in [-0.3, -0.25) is 0 Å². The van der Waals surface area contributed by atoms with Crippen molar-refractivity contribution in [3.8, 4) is 0 Å². The average Bonchev–Trinajstić information content (AvgIpc) is 2.86. The van der Waals surface area contributed by atoms with E-state index in [9.17, 15) is 24.6 Å². The number of ether oxygens (including phenoxy) is 4. The standard InChI is InChI=1S/C27H36O9/c1-4-33-17-9-7-14-27(16-11-19-35-6-3,15-8-10-18-34-5-2)36-26(32)22-13-12-21(24(28)29)20-23(22)25(30)31/h4-6,12-13,20H,1-3,7-11,14-19H2,(H,28,29)(H,30,31). The van der Waals surface area contributed by atoms with Gasteiger partial charge in [-0.25, -0.2) is 14.4 Å². The second kappa shape index (κ2) is 16.8. The van der Waals surface area contributed by atoms with Crippen molar-refractivity contribution < 1.29 is 43.5 Å². The molecule has 0 saturated carbocycles. The Hall–Kier alpha value is -3.75. The maximum atomic E-state index is 13.3. The molecule has 0 unspecified atom stereocenters. The number of carboxylic acids is 2. The SMILES string of the molecule is C=COCCCCC(CCCCOC=C)(CCCOC=C)OC(=O)c1ccc(C(=O)O)cc1C(=O)O. The topological polar surface area (TPSA) is 129 Å². The van der Waals surface area contributed by atoms with Gasteiger partial charge in [0.15, 0.2) is 0 Å². The number of hydrogen-bond acceptors (Lipinski definition) is 7. The number of benzene rings is 1. The van der Waals surface area contributed by atoms with Gasteiger partial charge in [0, 0.05) is 0 Å². The first kappa shape index (κ1) is 30.3. The van der Waals surface area contributed by atoms with E-state index in [2.05, 4.69) is 19.7 Å². The van der Waals surface area contributed by atoms with Crippen LogP contribution in [0.1, 0.15) is 82.4 Å². The van der Waals surface area contributed by atoms with E-state index in [1.165, 1.54) is 30.9 Å². The minimum atomic E-state index is -1.42. The summed E-state index contributed by atoms with van der Waals surface area (Å²) in [6.45, 7) is 11.9. The molecule has 0 aliphatic carbocycles. The number of rotatable bonds is 21. The van der Waals surface area contributed by atoms with Crippen LogP contribution in [0.3, 0.4) is 0 Å². The largest absolute Gasteiger partial charge is 0.502 e. The van der Waals surface area contributed by atoms with Crippen molar-refractivity contribution >= 4 is 17.9 Å². The van der Waals surface area contributed by atoms with Crippen LogP contribution in [0.15, 0.2) is 56.7 Å². The van der Waals surface area contributed by atoms with Crippen LogP contribution in [0.2, 0.25) is 0 Å². The molecule has 1 rings (SSSR count). The molecule has 0 aliphatic rings. The number of carboxylic acid groups (broad SMARTS) is 2. The molecular weight excluding hydrogens is 468 g/mol. The Kier molecular flexibility index (Phi) is 14.1. The lowest BCUT2D eigenvalue weighted by Crippen LogP contribution is -2.36. The van der Waals surface area contributed by atoms with Crippen LogP contribution in [0.25, 0.3) is 0 Å². The van der Waals surface area contributed by atoms with Gasteiger partial charge >= 0.3 is 17.9 Å². The number of esters is 1. The summed E-state index contributed by atoms with van der Waals surface area (Å²) in [5.41, 5.74) is -1.77. The molecule has 0 saturated heterocycles. The van der Waals surface area contributed by atoms with Crippen LogP contribution in [0, 0.1) is 0 Å². The van der Waals surface area contributed by atoms with E-state index >= 15 is 0 Å².